The number of furan rings is 1. The monoisotopic (exact) mass is 436 g/mol. The first-order valence-electron chi connectivity index (χ1n) is 10.6. The minimum absolute atomic E-state index is 0.139. The summed E-state index contributed by atoms with van der Waals surface area (Å²) in [5, 5.41) is 3.75. The summed E-state index contributed by atoms with van der Waals surface area (Å²) >= 11 is 6.24. The molecular weight excluding hydrogens is 408 g/mol. The number of hydrogen-bond acceptors (Lipinski definition) is 3. The predicted molar refractivity (Wildman–Crippen MR) is 128 cm³/mol. The maximum Gasteiger partial charge on any atom is 0.255 e. The van der Waals surface area contributed by atoms with Crippen molar-refractivity contribution in [3.8, 4) is 11.3 Å². The fraction of sp³-hybridized carbons (Fsp3) is 0.269. The van der Waals surface area contributed by atoms with Crippen molar-refractivity contribution < 1.29 is 9.21 Å². The molecule has 0 fully saturated rings. The van der Waals surface area contributed by atoms with Crippen LogP contribution in [-0.2, 0) is 0 Å². The van der Waals surface area contributed by atoms with E-state index < -0.39 is 0 Å². The van der Waals surface area contributed by atoms with Crippen LogP contribution in [0.15, 0.2) is 65.1 Å². The van der Waals surface area contributed by atoms with Crippen molar-refractivity contribution in [2.75, 3.05) is 13.1 Å². The average molecular weight is 437 g/mol. The molecular formula is C26H29ClN2O2. The molecule has 1 amide bonds. The van der Waals surface area contributed by atoms with Gasteiger partial charge in [0.1, 0.15) is 11.5 Å². The Kier molecular flexibility index (Phi) is 8.10. The van der Waals surface area contributed by atoms with Crippen LogP contribution < -0.4 is 11.1 Å². The van der Waals surface area contributed by atoms with Gasteiger partial charge in [0.25, 0.3) is 5.91 Å². The predicted octanol–water partition coefficient (Wildman–Crippen LogP) is 6.16. The van der Waals surface area contributed by atoms with Gasteiger partial charge in [-0.1, -0.05) is 54.1 Å². The van der Waals surface area contributed by atoms with Gasteiger partial charge in [-0.3, -0.25) is 4.79 Å². The molecule has 31 heavy (non-hydrogen) atoms. The molecule has 162 valence electrons. The average Bonchev–Trinajstić information content (AvgIpc) is 3.17. The molecule has 0 aliphatic carbocycles. The van der Waals surface area contributed by atoms with E-state index in [4.69, 9.17) is 21.8 Å². The third-order valence-corrected chi connectivity index (χ3v) is 5.40. The normalized spacial score (nSPS) is 11.5. The number of unbranched alkanes of at least 4 members (excludes halogenated alkanes) is 1. The van der Waals surface area contributed by atoms with Crippen molar-refractivity contribution in [3.63, 3.8) is 0 Å². The second kappa shape index (κ2) is 11.0. The largest absolute Gasteiger partial charge is 0.461 e. The van der Waals surface area contributed by atoms with Crippen molar-refractivity contribution in [2.45, 2.75) is 33.1 Å². The summed E-state index contributed by atoms with van der Waals surface area (Å²) in [7, 11) is 0. The van der Waals surface area contributed by atoms with Gasteiger partial charge >= 0.3 is 0 Å². The molecule has 1 heterocycles. The Hall–Kier alpha value is -2.82. The van der Waals surface area contributed by atoms with Gasteiger partial charge in [0.05, 0.1) is 5.56 Å². The van der Waals surface area contributed by atoms with Crippen molar-refractivity contribution in [1.82, 2.24) is 5.32 Å². The third-order valence-electron chi connectivity index (χ3n) is 5.16. The van der Waals surface area contributed by atoms with Gasteiger partial charge in [-0.2, -0.15) is 0 Å². The number of halogens is 1. The molecule has 0 radical (unpaired) electrons. The number of nitrogens with one attached hydrogen (secondary N) is 1. The second-order valence-electron chi connectivity index (χ2n) is 7.59. The lowest BCUT2D eigenvalue weighted by Crippen LogP contribution is -2.24. The number of allylic oxidation sites excluding steroid dienone is 1. The first-order chi connectivity index (χ1) is 15.0. The van der Waals surface area contributed by atoms with Crippen LogP contribution >= 0.6 is 11.6 Å². The summed E-state index contributed by atoms with van der Waals surface area (Å²) in [6.07, 6.45) is 4.72. The number of rotatable bonds is 9. The molecule has 0 spiro atoms. The minimum Gasteiger partial charge on any atom is -0.461 e. The molecule has 0 saturated carbocycles. The van der Waals surface area contributed by atoms with Crippen LogP contribution in [0.2, 0.25) is 5.02 Å². The molecule has 3 rings (SSSR count). The van der Waals surface area contributed by atoms with Crippen molar-refractivity contribution in [1.29, 1.82) is 0 Å². The molecule has 0 atom stereocenters. The lowest BCUT2D eigenvalue weighted by Gasteiger charge is -2.13. The molecule has 0 saturated heterocycles. The van der Waals surface area contributed by atoms with Gasteiger partial charge < -0.3 is 15.5 Å². The van der Waals surface area contributed by atoms with E-state index in [-0.39, 0.29) is 5.91 Å². The molecule has 0 bridgehead atoms. The fourth-order valence-corrected chi connectivity index (χ4v) is 3.75. The van der Waals surface area contributed by atoms with Gasteiger partial charge in [-0.15, -0.1) is 0 Å². The number of benzene rings is 2. The SMILES string of the molecule is Cc1cc(C(=O)NCC/C(=C/CCCN)c2cc(Cl)ccc2C)c(-c2ccccc2)o1. The first-order valence-corrected chi connectivity index (χ1v) is 11.0. The van der Waals surface area contributed by atoms with E-state index in [0.29, 0.717) is 41.6 Å². The molecule has 1 aromatic heterocycles. The van der Waals surface area contributed by atoms with E-state index in [1.54, 1.807) is 6.07 Å². The van der Waals surface area contributed by atoms with Gasteiger partial charge in [0, 0.05) is 17.1 Å². The molecule has 0 unspecified atom stereocenters. The number of nitrogens with two attached hydrogens (primary N) is 1. The summed E-state index contributed by atoms with van der Waals surface area (Å²) < 4.78 is 5.81. The summed E-state index contributed by atoms with van der Waals surface area (Å²) in [6, 6.07) is 17.4. The summed E-state index contributed by atoms with van der Waals surface area (Å²) in [5.41, 5.74) is 10.5. The zero-order chi connectivity index (χ0) is 22.2. The van der Waals surface area contributed by atoms with E-state index in [0.717, 1.165) is 29.5 Å². The smallest absolute Gasteiger partial charge is 0.255 e. The Morgan fingerprint density at radius 3 is 2.61 bits per heavy atom. The second-order valence-corrected chi connectivity index (χ2v) is 8.03. The van der Waals surface area contributed by atoms with Gasteiger partial charge in [-0.25, -0.2) is 0 Å². The molecule has 2 aromatic carbocycles. The van der Waals surface area contributed by atoms with Crippen LogP contribution in [0.5, 0.6) is 0 Å². The van der Waals surface area contributed by atoms with Crippen LogP contribution in [0, 0.1) is 13.8 Å². The molecule has 5 heteroatoms. The maximum atomic E-state index is 12.9. The fourth-order valence-electron chi connectivity index (χ4n) is 3.57. The topological polar surface area (TPSA) is 68.3 Å². The Bertz CT molecular complexity index is 1050. The van der Waals surface area contributed by atoms with E-state index in [1.165, 1.54) is 5.57 Å². The molecule has 3 N–H and O–H groups in total. The van der Waals surface area contributed by atoms with Crippen molar-refractivity contribution in [2.24, 2.45) is 5.73 Å². The molecule has 3 aromatic rings. The summed E-state index contributed by atoms with van der Waals surface area (Å²) in [5.74, 6) is 1.17. The van der Waals surface area contributed by atoms with E-state index in [1.807, 2.05) is 55.5 Å². The lowest BCUT2D eigenvalue weighted by molar-refractivity contribution is 0.0955. The highest BCUT2D eigenvalue weighted by atomic mass is 35.5. The Morgan fingerprint density at radius 2 is 1.87 bits per heavy atom. The zero-order valence-corrected chi connectivity index (χ0v) is 18.8. The quantitative estimate of drug-likeness (QED) is 0.394. The first kappa shape index (κ1) is 22.9. The molecule has 0 aliphatic heterocycles. The molecule has 0 aliphatic rings. The lowest BCUT2D eigenvalue weighted by atomic mass is 9.96. The van der Waals surface area contributed by atoms with Crippen molar-refractivity contribution >= 4 is 23.1 Å². The summed E-state index contributed by atoms with van der Waals surface area (Å²) in [6.45, 7) is 5.08. The van der Waals surface area contributed by atoms with E-state index in [2.05, 4.69) is 18.3 Å². The highest BCUT2D eigenvalue weighted by molar-refractivity contribution is 6.30. The minimum atomic E-state index is -0.139. The van der Waals surface area contributed by atoms with Crippen molar-refractivity contribution in [3.05, 3.63) is 88.1 Å². The highest BCUT2D eigenvalue weighted by Gasteiger charge is 2.18. The number of carbonyl (C=O) groups is 1. The Morgan fingerprint density at radius 1 is 1.10 bits per heavy atom. The van der Waals surface area contributed by atoms with Crippen LogP contribution in [0.4, 0.5) is 0 Å². The third kappa shape index (κ3) is 6.09. The maximum absolute atomic E-state index is 12.9. The standard InChI is InChI=1S/C26H29ClN2O2/c1-18-11-12-22(27)17-23(18)20(8-6-7-14-28)13-15-29-26(30)24-16-19(2)31-25(24)21-9-4-3-5-10-21/h3-5,8-12,16-17H,6-7,13-15,28H2,1-2H3,(H,29,30)/b20-8-. The number of aryl methyl sites for hydroxylation is 2. The Balaban J connectivity index is 1.73. The number of amides is 1. The van der Waals surface area contributed by atoms with E-state index >= 15 is 0 Å². The van der Waals surface area contributed by atoms with Crippen LogP contribution in [0.1, 0.15) is 46.5 Å². The number of hydrogen-bond donors (Lipinski definition) is 2. The van der Waals surface area contributed by atoms with Crippen LogP contribution in [0.25, 0.3) is 16.9 Å². The number of carbonyl (C=O) groups excluding carboxylic acids is 1. The molecule has 4 nitrogen and oxygen atoms in total. The van der Waals surface area contributed by atoms with Gasteiger partial charge in [0.15, 0.2) is 0 Å². The highest BCUT2D eigenvalue weighted by Crippen LogP contribution is 2.28. The summed E-state index contributed by atoms with van der Waals surface area (Å²) in [4.78, 5) is 12.9. The van der Waals surface area contributed by atoms with Gasteiger partial charge in [-0.05, 0) is 74.6 Å². The zero-order valence-electron chi connectivity index (χ0n) is 18.1. The van der Waals surface area contributed by atoms with E-state index in [9.17, 15) is 4.79 Å². The Labute approximate surface area is 189 Å². The van der Waals surface area contributed by atoms with Crippen LogP contribution in [-0.4, -0.2) is 19.0 Å². The van der Waals surface area contributed by atoms with Crippen LogP contribution in [0.3, 0.4) is 0 Å². The van der Waals surface area contributed by atoms with Gasteiger partial charge in [0.2, 0.25) is 0 Å².